The van der Waals surface area contributed by atoms with Crippen LogP contribution < -0.4 is 11.1 Å². The van der Waals surface area contributed by atoms with Gasteiger partial charge in [-0.2, -0.15) is 0 Å². The Kier molecular flexibility index (Phi) is 3.73. The number of halogens is 1. The molecule has 0 radical (unpaired) electrons. The molecule has 3 nitrogen and oxygen atoms in total. The van der Waals surface area contributed by atoms with E-state index in [0.717, 1.165) is 28.5 Å². The molecule has 1 saturated carbocycles. The molecule has 0 atom stereocenters. The fraction of sp³-hybridized carbons (Fsp3) is 0.462. The first-order chi connectivity index (χ1) is 7.98. The molecular formula is C13H17IN2O. The number of hydrogen-bond acceptors (Lipinski definition) is 2. The molecule has 2 rings (SSSR count). The van der Waals surface area contributed by atoms with Gasteiger partial charge in [0.15, 0.2) is 0 Å². The lowest BCUT2D eigenvalue weighted by molar-refractivity contribution is -0.118. The lowest BCUT2D eigenvalue weighted by Crippen LogP contribution is -2.48. The highest BCUT2D eigenvalue weighted by molar-refractivity contribution is 14.1. The van der Waals surface area contributed by atoms with E-state index < -0.39 is 0 Å². The highest BCUT2D eigenvalue weighted by Gasteiger charge is 2.34. The number of benzene rings is 1. The van der Waals surface area contributed by atoms with E-state index in [0.29, 0.717) is 6.42 Å². The smallest absolute Gasteiger partial charge is 0.226 e. The summed E-state index contributed by atoms with van der Waals surface area (Å²) in [4.78, 5) is 11.8. The second kappa shape index (κ2) is 4.94. The van der Waals surface area contributed by atoms with Crippen LogP contribution in [0.4, 0.5) is 5.69 Å². The van der Waals surface area contributed by atoms with Gasteiger partial charge < -0.3 is 11.1 Å². The van der Waals surface area contributed by atoms with Crippen LogP contribution in [0.15, 0.2) is 18.2 Å². The lowest BCUT2D eigenvalue weighted by atomic mass is 9.75. The largest absolute Gasteiger partial charge is 0.326 e. The first kappa shape index (κ1) is 12.8. The summed E-state index contributed by atoms with van der Waals surface area (Å²) in [6, 6.07) is 5.93. The molecule has 1 aliphatic rings. The fourth-order valence-electron chi connectivity index (χ4n) is 2.00. The Bertz CT molecular complexity index is 441. The first-order valence-electron chi connectivity index (χ1n) is 5.83. The van der Waals surface area contributed by atoms with Crippen molar-refractivity contribution in [3.8, 4) is 0 Å². The maximum atomic E-state index is 11.8. The Hall–Kier alpha value is -0.620. The fourth-order valence-corrected chi connectivity index (χ4v) is 2.52. The lowest BCUT2D eigenvalue weighted by Gasteiger charge is -2.37. The van der Waals surface area contributed by atoms with E-state index in [2.05, 4.69) is 34.8 Å². The quantitative estimate of drug-likeness (QED) is 0.829. The standard InChI is InChI=1S/C13H17IN2O/c1-9-3-4-10(7-11(9)14)16-12(17)8-13(15)5-2-6-13/h3-4,7H,2,5-6,8,15H2,1H3,(H,16,17). The number of nitrogens with one attached hydrogen (secondary N) is 1. The van der Waals surface area contributed by atoms with Crippen molar-refractivity contribution in [2.45, 2.75) is 38.1 Å². The van der Waals surface area contributed by atoms with Crippen molar-refractivity contribution in [1.82, 2.24) is 0 Å². The zero-order valence-corrected chi connectivity index (χ0v) is 12.1. The Labute approximate surface area is 115 Å². The van der Waals surface area contributed by atoms with Gasteiger partial charge in [0.25, 0.3) is 0 Å². The molecule has 92 valence electrons. The first-order valence-corrected chi connectivity index (χ1v) is 6.91. The highest BCUT2D eigenvalue weighted by atomic mass is 127. The van der Waals surface area contributed by atoms with Crippen molar-refractivity contribution in [2.24, 2.45) is 5.73 Å². The van der Waals surface area contributed by atoms with Gasteiger partial charge >= 0.3 is 0 Å². The molecule has 3 N–H and O–H groups in total. The molecule has 4 heteroatoms. The van der Waals surface area contributed by atoms with E-state index in [1.807, 2.05) is 18.2 Å². The maximum absolute atomic E-state index is 11.8. The van der Waals surface area contributed by atoms with Crippen LogP contribution in [0, 0.1) is 10.5 Å². The van der Waals surface area contributed by atoms with Gasteiger partial charge in [-0.15, -0.1) is 0 Å². The van der Waals surface area contributed by atoms with Gasteiger partial charge in [-0.3, -0.25) is 4.79 Å². The van der Waals surface area contributed by atoms with Crippen LogP contribution in [-0.2, 0) is 4.79 Å². The van der Waals surface area contributed by atoms with Crippen molar-refractivity contribution < 1.29 is 4.79 Å². The van der Waals surface area contributed by atoms with E-state index in [-0.39, 0.29) is 11.4 Å². The summed E-state index contributed by atoms with van der Waals surface area (Å²) in [5, 5.41) is 2.91. The summed E-state index contributed by atoms with van der Waals surface area (Å²) in [6.07, 6.45) is 3.50. The molecule has 0 aliphatic heterocycles. The van der Waals surface area contributed by atoms with E-state index in [9.17, 15) is 4.79 Å². The number of anilines is 1. The predicted octanol–water partition coefficient (Wildman–Crippen LogP) is 2.81. The molecule has 0 bridgehead atoms. The summed E-state index contributed by atoms with van der Waals surface area (Å²) in [5.41, 5.74) is 7.88. The Morgan fingerprint density at radius 3 is 2.76 bits per heavy atom. The van der Waals surface area contributed by atoms with Crippen LogP contribution in [0.2, 0.25) is 0 Å². The minimum absolute atomic E-state index is 0.0202. The monoisotopic (exact) mass is 344 g/mol. The SMILES string of the molecule is Cc1ccc(NC(=O)CC2(N)CCC2)cc1I. The molecule has 1 amide bonds. The van der Waals surface area contributed by atoms with Crippen molar-refractivity contribution in [3.05, 3.63) is 27.3 Å². The molecule has 0 aromatic heterocycles. The highest BCUT2D eigenvalue weighted by Crippen LogP contribution is 2.32. The summed E-state index contributed by atoms with van der Waals surface area (Å²) in [5.74, 6) is 0.0202. The second-order valence-electron chi connectivity index (χ2n) is 4.90. The van der Waals surface area contributed by atoms with Crippen molar-refractivity contribution >= 4 is 34.2 Å². The number of nitrogens with two attached hydrogens (primary N) is 1. The van der Waals surface area contributed by atoms with Crippen molar-refractivity contribution in [2.75, 3.05) is 5.32 Å². The van der Waals surface area contributed by atoms with Crippen LogP contribution in [-0.4, -0.2) is 11.4 Å². The molecule has 1 aromatic carbocycles. The summed E-state index contributed by atoms with van der Waals surface area (Å²) >= 11 is 2.27. The molecule has 1 aliphatic carbocycles. The Balaban J connectivity index is 1.95. The third-order valence-electron chi connectivity index (χ3n) is 3.32. The van der Waals surface area contributed by atoms with Crippen LogP contribution >= 0.6 is 22.6 Å². The van der Waals surface area contributed by atoms with Gasteiger partial charge in [-0.05, 0) is 66.5 Å². The van der Waals surface area contributed by atoms with Gasteiger partial charge in [-0.1, -0.05) is 6.07 Å². The van der Waals surface area contributed by atoms with Crippen LogP contribution in [0.25, 0.3) is 0 Å². The molecule has 0 spiro atoms. The molecule has 1 fully saturated rings. The van der Waals surface area contributed by atoms with Gasteiger partial charge in [-0.25, -0.2) is 0 Å². The minimum atomic E-state index is -0.248. The number of carbonyl (C=O) groups is 1. The topological polar surface area (TPSA) is 55.1 Å². The summed E-state index contributed by atoms with van der Waals surface area (Å²) in [7, 11) is 0. The molecule has 17 heavy (non-hydrogen) atoms. The third kappa shape index (κ3) is 3.19. The number of amides is 1. The van der Waals surface area contributed by atoms with Gasteiger partial charge in [0.05, 0.1) is 0 Å². The van der Waals surface area contributed by atoms with E-state index >= 15 is 0 Å². The van der Waals surface area contributed by atoms with Crippen molar-refractivity contribution in [3.63, 3.8) is 0 Å². The number of carbonyl (C=O) groups excluding carboxylic acids is 1. The van der Waals surface area contributed by atoms with Gasteiger partial charge in [0, 0.05) is 21.2 Å². The van der Waals surface area contributed by atoms with Gasteiger partial charge in [0.1, 0.15) is 0 Å². The molecule has 0 saturated heterocycles. The van der Waals surface area contributed by atoms with E-state index in [4.69, 9.17) is 5.73 Å². The predicted molar refractivity (Wildman–Crippen MR) is 77.9 cm³/mol. The molecular weight excluding hydrogens is 327 g/mol. The van der Waals surface area contributed by atoms with E-state index in [1.165, 1.54) is 5.56 Å². The zero-order chi connectivity index (χ0) is 12.5. The average molecular weight is 344 g/mol. The van der Waals surface area contributed by atoms with Crippen LogP contribution in [0.5, 0.6) is 0 Å². The number of aryl methyl sites for hydroxylation is 1. The van der Waals surface area contributed by atoms with Crippen LogP contribution in [0.1, 0.15) is 31.2 Å². The minimum Gasteiger partial charge on any atom is -0.326 e. The second-order valence-corrected chi connectivity index (χ2v) is 6.07. The number of rotatable bonds is 3. The maximum Gasteiger partial charge on any atom is 0.226 e. The third-order valence-corrected chi connectivity index (χ3v) is 4.48. The zero-order valence-electron chi connectivity index (χ0n) is 9.92. The van der Waals surface area contributed by atoms with E-state index in [1.54, 1.807) is 0 Å². The van der Waals surface area contributed by atoms with Gasteiger partial charge in [0.2, 0.25) is 5.91 Å². The molecule has 1 aromatic rings. The Morgan fingerprint density at radius 1 is 1.53 bits per heavy atom. The normalized spacial score (nSPS) is 17.4. The number of hydrogen-bond donors (Lipinski definition) is 2. The summed E-state index contributed by atoms with van der Waals surface area (Å²) < 4.78 is 1.16. The summed E-state index contributed by atoms with van der Waals surface area (Å²) in [6.45, 7) is 2.05. The average Bonchev–Trinajstić information content (AvgIpc) is 2.21. The molecule has 0 heterocycles. The molecule has 0 unspecified atom stereocenters. The van der Waals surface area contributed by atoms with Crippen molar-refractivity contribution in [1.29, 1.82) is 0 Å². The van der Waals surface area contributed by atoms with Crippen LogP contribution in [0.3, 0.4) is 0 Å². The Morgan fingerprint density at radius 2 is 2.24 bits per heavy atom.